The summed E-state index contributed by atoms with van der Waals surface area (Å²) in [5.41, 5.74) is 0.222. The highest BCUT2D eigenvalue weighted by Gasteiger charge is 2.46. The van der Waals surface area contributed by atoms with Gasteiger partial charge < -0.3 is 5.32 Å². The van der Waals surface area contributed by atoms with E-state index in [1.165, 1.54) is 6.07 Å². The van der Waals surface area contributed by atoms with Crippen molar-refractivity contribution in [3.05, 3.63) is 26.9 Å². The molecule has 16 heavy (non-hydrogen) atoms. The molecule has 0 amide bonds. The summed E-state index contributed by atoms with van der Waals surface area (Å²) in [6, 6.07) is 1.74. The second kappa shape index (κ2) is 3.69. The monoisotopic (exact) mass is 285 g/mol. The number of nitrogens with one attached hydrogen (secondary N) is 1. The first kappa shape index (κ1) is 11.3. The van der Waals surface area contributed by atoms with Crippen LogP contribution in [0.15, 0.2) is 16.7 Å². The topological polar surface area (TPSA) is 68.1 Å². The Hall–Kier alpha value is -1.17. The Morgan fingerprint density at radius 3 is 2.81 bits per heavy atom. The lowest BCUT2D eigenvalue weighted by molar-refractivity contribution is -0.384. The number of aromatic nitrogens is 1. The third-order valence-electron chi connectivity index (χ3n) is 2.86. The molecule has 0 radical (unpaired) electrons. The molecule has 1 aromatic rings. The molecule has 0 bridgehead atoms. The van der Waals surface area contributed by atoms with E-state index in [-0.39, 0.29) is 17.1 Å². The SMILES string of the molecule is CC1(C)CC1Nc1ncc(Br)cc1[N+](=O)[O-]. The Labute approximate surface area is 102 Å². The molecular formula is C10H12BrN3O2. The van der Waals surface area contributed by atoms with Crippen molar-refractivity contribution in [3.63, 3.8) is 0 Å². The molecule has 1 fully saturated rings. The van der Waals surface area contributed by atoms with Crippen LogP contribution in [0.1, 0.15) is 20.3 Å². The summed E-state index contributed by atoms with van der Waals surface area (Å²) in [6.45, 7) is 4.24. The van der Waals surface area contributed by atoms with Gasteiger partial charge in [-0.25, -0.2) is 4.98 Å². The third-order valence-corrected chi connectivity index (χ3v) is 3.29. The predicted octanol–water partition coefficient (Wildman–Crippen LogP) is 2.96. The van der Waals surface area contributed by atoms with Crippen LogP contribution in [0.5, 0.6) is 0 Å². The van der Waals surface area contributed by atoms with Gasteiger partial charge in [-0.3, -0.25) is 10.1 Å². The highest BCUT2D eigenvalue weighted by molar-refractivity contribution is 9.10. The van der Waals surface area contributed by atoms with Crippen molar-refractivity contribution in [1.29, 1.82) is 0 Å². The van der Waals surface area contributed by atoms with E-state index in [0.29, 0.717) is 10.3 Å². The molecule has 1 N–H and O–H groups in total. The van der Waals surface area contributed by atoms with Gasteiger partial charge in [0.25, 0.3) is 0 Å². The molecule has 1 aliphatic rings. The first-order chi connectivity index (χ1) is 7.40. The van der Waals surface area contributed by atoms with E-state index < -0.39 is 4.92 Å². The van der Waals surface area contributed by atoms with Crippen LogP contribution < -0.4 is 5.32 Å². The van der Waals surface area contributed by atoms with Crippen molar-refractivity contribution < 1.29 is 4.92 Å². The maximum Gasteiger partial charge on any atom is 0.312 e. The minimum atomic E-state index is -0.421. The van der Waals surface area contributed by atoms with E-state index in [0.717, 1.165) is 6.42 Å². The summed E-state index contributed by atoms with van der Waals surface area (Å²) < 4.78 is 0.611. The van der Waals surface area contributed by atoms with Crippen molar-refractivity contribution >= 4 is 27.4 Å². The zero-order valence-corrected chi connectivity index (χ0v) is 10.6. The summed E-state index contributed by atoms with van der Waals surface area (Å²) in [5.74, 6) is 0.351. The Balaban J connectivity index is 2.24. The van der Waals surface area contributed by atoms with Crippen LogP contribution in [0.4, 0.5) is 11.5 Å². The van der Waals surface area contributed by atoms with Crippen molar-refractivity contribution in [2.24, 2.45) is 5.41 Å². The summed E-state index contributed by atoms with van der Waals surface area (Å²) >= 11 is 3.17. The summed E-state index contributed by atoms with van der Waals surface area (Å²) in [5, 5.41) is 14.0. The zero-order valence-electron chi connectivity index (χ0n) is 9.03. The Kier molecular flexibility index (Phi) is 2.61. The Morgan fingerprint density at radius 2 is 2.31 bits per heavy atom. The van der Waals surface area contributed by atoms with Crippen molar-refractivity contribution in [1.82, 2.24) is 4.98 Å². The van der Waals surface area contributed by atoms with Crippen LogP contribution in [0, 0.1) is 15.5 Å². The third kappa shape index (κ3) is 2.16. The molecule has 0 spiro atoms. The number of anilines is 1. The molecule has 1 unspecified atom stereocenters. The van der Waals surface area contributed by atoms with Crippen LogP contribution >= 0.6 is 15.9 Å². The first-order valence-corrected chi connectivity index (χ1v) is 5.76. The minimum absolute atomic E-state index is 0.0112. The molecule has 5 nitrogen and oxygen atoms in total. The molecule has 86 valence electrons. The summed E-state index contributed by atoms with van der Waals surface area (Å²) in [6.07, 6.45) is 2.58. The molecule has 6 heteroatoms. The molecule has 0 aliphatic heterocycles. The molecule has 1 aliphatic carbocycles. The fourth-order valence-corrected chi connectivity index (χ4v) is 1.88. The highest BCUT2D eigenvalue weighted by atomic mass is 79.9. The number of pyridine rings is 1. The highest BCUT2D eigenvalue weighted by Crippen LogP contribution is 2.47. The van der Waals surface area contributed by atoms with Crippen LogP contribution in [-0.4, -0.2) is 15.9 Å². The van der Waals surface area contributed by atoms with Gasteiger partial charge >= 0.3 is 5.69 Å². The van der Waals surface area contributed by atoms with Gasteiger partial charge in [-0.05, 0) is 27.8 Å². The lowest BCUT2D eigenvalue weighted by atomic mass is 10.2. The average Bonchev–Trinajstić information content (AvgIpc) is 2.76. The van der Waals surface area contributed by atoms with E-state index in [1.54, 1.807) is 6.20 Å². The van der Waals surface area contributed by atoms with Gasteiger partial charge in [-0.2, -0.15) is 0 Å². The van der Waals surface area contributed by atoms with Gasteiger partial charge in [-0.15, -0.1) is 0 Å². The van der Waals surface area contributed by atoms with E-state index >= 15 is 0 Å². The van der Waals surface area contributed by atoms with Gasteiger partial charge in [0.05, 0.1) is 4.92 Å². The van der Waals surface area contributed by atoms with Crippen LogP contribution in [0.2, 0.25) is 0 Å². The quantitative estimate of drug-likeness (QED) is 0.685. The molecular weight excluding hydrogens is 274 g/mol. The standard InChI is InChI=1S/C10H12BrN3O2/c1-10(2)4-8(10)13-9-7(14(15)16)3-6(11)5-12-9/h3,5,8H,4H2,1-2H3,(H,12,13). The smallest absolute Gasteiger partial charge is 0.312 e. The lowest BCUT2D eigenvalue weighted by Gasteiger charge is -2.07. The van der Waals surface area contributed by atoms with Crippen LogP contribution in [0.25, 0.3) is 0 Å². The first-order valence-electron chi connectivity index (χ1n) is 4.96. The van der Waals surface area contributed by atoms with E-state index in [9.17, 15) is 10.1 Å². The molecule has 1 aromatic heterocycles. The zero-order chi connectivity index (χ0) is 11.9. The second-order valence-electron chi connectivity index (χ2n) is 4.67. The van der Waals surface area contributed by atoms with Crippen LogP contribution in [-0.2, 0) is 0 Å². The van der Waals surface area contributed by atoms with Gasteiger partial charge in [-0.1, -0.05) is 13.8 Å². The number of nitro groups is 1. The predicted molar refractivity (Wildman–Crippen MR) is 64.4 cm³/mol. The number of hydrogen-bond acceptors (Lipinski definition) is 4. The van der Waals surface area contributed by atoms with E-state index in [2.05, 4.69) is 40.1 Å². The second-order valence-corrected chi connectivity index (χ2v) is 5.58. The average molecular weight is 286 g/mol. The van der Waals surface area contributed by atoms with Gasteiger partial charge in [0.15, 0.2) is 0 Å². The van der Waals surface area contributed by atoms with E-state index in [1.807, 2.05) is 0 Å². The number of nitrogens with zero attached hydrogens (tertiary/aromatic N) is 2. The largest absolute Gasteiger partial charge is 0.361 e. The van der Waals surface area contributed by atoms with Gasteiger partial charge in [0.1, 0.15) is 0 Å². The lowest BCUT2D eigenvalue weighted by Crippen LogP contribution is -2.11. The number of rotatable bonds is 3. The van der Waals surface area contributed by atoms with Gasteiger partial charge in [0, 0.05) is 22.8 Å². The minimum Gasteiger partial charge on any atom is -0.361 e. The summed E-state index contributed by atoms with van der Waals surface area (Å²) in [4.78, 5) is 14.5. The Morgan fingerprint density at radius 1 is 1.69 bits per heavy atom. The molecule has 1 atom stereocenters. The van der Waals surface area contributed by atoms with Crippen molar-refractivity contribution in [3.8, 4) is 0 Å². The Bertz CT molecular complexity index is 448. The molecule has 1 saturated carbocycles. The fraction of sp³-hybridized carbons (Fsp3) is 0.500. The normalized spacial score (nSPS) is 21.6. The van der Waals surface area contributed by atoms with Crippen molar-refractivity contribution in [2.75, 3.05) is 5.32 Å². The maximum absolute atomic E-state index is 10.8. The molecule has 1 heterocycles. The molecule has 0 saturated heterocycles. The number of halogens is 1. The molecule has 0 aromatic carbocycles. The number of hydrogen-bond donors (Lipinski definition) is 1. The van der Waals surface area contributed by atoms with Crippen LogP contribution in [0.3, 0.4) is 0 Å². The summed E-state index contributed by atoms with van der Waals surface area (Å²) in [7, 11) is 0. The van der Waals surface area contributed by atoms with Gasteiger partial charge in [0.2, 0.25) is 5.82 Å². The van der Waals surface area contributed by atoms with E-state index in [4.69, 9.17) is 0 Å². The van der Waals surface area contributed by atoms with Crippen molar-refractivity contribution in [2.45, 2.75) is 26.3 Å². The fourth-order valence-electron chi connectivity index (χ4n) is 1.56. The molecule has 2 rings (SSSR count). The maximum atomic E-state index is 10.8.